The van der Waals surface area contributed by atoms with Crippen molar-refractivity contribution in [3.05, 3.63) is 53.6 Å². The molecule has 3 rings (SSSR count). The second-order valence-electron chi connectivity index (χ2n) is 8.69. The van der Waals surface area contributed by atoms with Gasteiger partial charge in [-0.3, -0.25) is 19.4 Å². The lowest BCUT2D eigenvalue weighted by Gasteiger charge is -2.20. The standard InChI is InChI=1S/C25H32Cl2N6O2S/c1-15(14-36-4)33-21(12-13-28-33)25(35)30-20(6-5-7-22(26)27)24(34)29-19-10-8-18(9-11-19)23-16(2)31-32-17(23)3/h8-13,15,20,22H,5-7,14H2,1-4H3,(H,29,34)(H,30,35)(H,31,32)/t15?,20-/m0/s1. The minimum atomic E-state index is -0.762. The highest BCUT2D eigenvalue weighted by atomic mass is 35.5. The first-order valence-corrected chi connectivity index (χ1v) is 14.0. The summed E-state index contributed by atoms with van der Waals surface area (Å²) in [5.74, 6) is 0.151. The summed E-state index contributed by atoms with van der Waals surface area (Å²) in [5.41, 5.74) is 4.99. The van der Waals surface area contributed by atoms with E-state index in [1.807, 2.05) is 51.3 Å². The zero-order valence-corrected chi connectivity index (χ0v) is 23.2. The van der Waals surface area contributed by atoms with Crippen LogP contribution in [0.1, 0.15) is 54.1 Å². The van der Waals surface area contributed by atoms with Crippen molar-refractivity contribution >= 4 is 52.5 Å². The molecule has 0 radical (unpaired) electrons. The molecule has 2 atom stereocenters. The molecule has 0 saturated heterocycles. The molecule has 0 aliphatic rings. The monoisotopic (exact) mass is 550 g/mol. The van der Waals surface area contributed by atoms with Crippen LogP contribution in [0.25, 0.3) is 11.1 Å². The molecule has 1 unspecified atom stereocenters. The lowest BCUT2D eigenvalue weighted by Crippen LogP contribution is -2.44. The van der Waals surface area contributed by atoms with Gasteiger partial charge in [-0.15, -0.1) is 23.2 Å². The molecule has 0 fully saturated rings. The molecule has 0 bridgehead atoms. The summed E-state index contributed by atoms with van der Waals surface area (Å²) >= 11 is 13.4. The Morgan fingerprint density at radius 3 is 2.47 bits per heavy atom. The third-order valence-corrected chi connectivity index (χ3v) is 7.09. The Bertz CT molecular complexity index is 1140. The number of hydrogen-bond donors (Lipinski definition) is 3. The summed E-state index contributed by atoms with van der Waals surface area (Å²) in [7, 11) is 0. The van der Waals surface area contributed by atoms with E-state index in [4.69, 9.17) is 23.2 Å². The first kappa shape index (κ1) is 28.1. The van der Waals surface area contributed by atoms with Crippen molar-refractivity contribution in [3.63, 3.8) is 0 Å². The number of hydrogen-bond acceptors (Lipinski definition) is 5. The molecule has 2 aromatic heterocycles. The lowest BCUT2D eigenvalue weighted by atomic mass is 10.0. The van der Waals surface area contributed by atoms with Gasteiger partial charge in [-0.2, -0.15) is 22.0 Å². The summed E-state index contributed by atoms with van der Waals surface area (Å²) in [5, 5.41) is 17.3. The fraction of sp³-hybridized carbons (Fsp3) is 0.440. The molecule has 2 heterocycles. The molecular weight excluding hydrogens is 519 g/mol. The van der Waals surface area contributed by atoms with Gasteiger partial charge >= 0.3 is 0 Å². The number of aromatic amines is 1. The Morgan fingerprint density at radius 1 is 1.14 bits per heavy atom. The van der Waals surface area contributed by atoms with Gasteiger partial charge in [0, 0.05) is 28.9 Å². The van der Waals surface area contributed by atoms with Gasteiger partial charge in [-0.25, -0.2) is 0 Å². The largest absolute Gasteiger partial charge is 0.339 e. The van der Waals surface area contributed by atoms with Gasteiger partial charge in [-0.1, -0.05) is 12.1 Å². The molecule has 8 nitrogen and oxygen atoms in total. The van der Waals surface area contributed by atoms with Crippen molar-refractivity contribution in [2.45, 2.75) is 57.0 Å². The number of halogens is 2. The lowest BCUT2D eigenvalue weighted by molar-refractivity contribution is -0.118. The van der Waals surface area contributed by atoms with E-state index in [2.05, 4.69) is 25.9 Å². The van der Waals surface area contributed by atoms with Crippen molar-refractivity contribution in [2.75, 3.05) is 17.3 Å². The van der Waals surface area contributed by atoms with E-state index in [9.17, 15) is 9.59 Å². The van der Waals surface area contributed by atoms with E-state index < -0.39 is 10.9 Å². The van der Waals surface area contributed by atoms with Gasteiger partial charge in [0.05, 0.1) is 11.7 Å². The predicted octanol–water partition coefficient (Wildman–Crippen LogP) is 5.53. The number of carbonyl (C=O) groups is 2. The van der Waals surface area contributed by atoms with Crippen LogP contribution in [0.2, 0.25) is 0 Å². The molecule has 2 amide bonds. The van der Waals surface area contributed by atoms with Gasteiger partial charge in [0.1, 0.15) is 16.6 Å². The van der Waals surface area contributed by atoms with E-state index >= 15 is 0 Å². The number of carbonyl (C=O) groups excluding carboxylic acids is 2. The SMILES string of the molecule is CSCC(C)n1nccc1C(=O)N[C@@H](CCCC(Cl)Cl)C(=O)Nc1ccc(-c2c(C)n[nH]c2C)cc1. The van der Waals surface area contributed by atoms with Gasteiger partial charge in [0.2, 0.25) is 5.91 Å². The highest BCUT2D eigenvalue weighted by molar-refractivity contribution is 7.98. The fourth-order valence-electron chi connectivity index (χ4n) is 4.06. The summed E-state index contributed by atoms with van der Waals surface area (Å²) < 4.78 is 1.69. The van der Waals surface area contributed by atoms with E-state index in [1.54, 1.807) is 28.7 Å². The number of alkyl halides is 2. The first-order valence-electron chi connectivity index (χ1n) is 11.8. The number of aromatic nitrogens is 4. The predicted molar refractivity (Wildman–Crippen MR) is 148 cm³/mol. The van der Waals surface area contributed by atoms with Crippen LogP contribution < -0.4 is 10.6 Å². The molecule has 36 heavy (non-hydrogen) atoms. The maximum atomic E-state index is 13.2. The number of rotatable bonds is 12. The Balaban J connectivity index is 1.73. The summed E-state index contributed by atoms with van der Waals surface area (Å²) in [6, 6.07) is 8.48. The van der Waals surface area contributed by atoms with Crippen LogP contribution in [0, 0.1) is 13.8 Å². The van der Waals surface area contributed by atoms with Crippen LogP contribution in [0.4, 0.5) is 5.69 Å². The first-order chi connectivity index (χ1) is 17.2. The molecule has 1 aromatic carbocycles. The van der Waals surface area contributed by atoms with Crippen molar-refractivity contribution in [1.82, 2.24) is 25.3 Å². The number of H-pyrrole nitrogens is 1. The zero-order valence-electron chi connectivity index (χ0n) is 20.8. The van der Waals surface area contributed by atoms with E-state index in [0.717, 1.165) is 28.3 Å². The number of aryl methyl sites for hydroxylation is 2. The highest BCUT2D eigenvalue weighted by Gasteiger charge is 2.24. The zero-order chi connectivity index (χ0) is 26.2. The van der Waals surface area contributed by atoms with E-state index in [0.29, 0.717) is 30.6 Å². The van der Waals surface area contributed by atoms with E-state index in [-0.39, 0.29) is 17.9 Å². The second-order valence-corrected chi connectivity index (χ2v) is 10.9. The topological polar surface area (TPSA) is 105 Å². The van der Waals surface area contributed by atoms with Gasteiger partial charge in [0.15, 0.2) is 0 Å². The molecule has 3 aromatic rings. The van der Waals surface area contributed by atoms with Crippen LogP contribution in [-0.2, 0) is 4.79 Å². The average molecular weight is 552 g/mol. The molecule has 3 N–H and O–H groups in total. The fourth-order valence-corrected chi connectivity index (χ4v) is 4.99. The van der Waals surface area contributed by atoms with Crippen LogP contribution >= 0.6 is 35.0 Å². The minimum absolute atomic E-state index is 0.0392. The molecule has 0 aliphatic carbocycles. The second kappa shape index (κ2) is 13.2. The summed E-state index contributed by atoms with van der Waals surface area (Å²) in [4.78, 5) is 25.8. The Hall–Kier alpha value is -2.49. The number of benzene rings is 1. The van der Waals surface area contributed by atoms with Crippen molar-refractivity contribution in [2.24, 2.45) is 0 Å². The highest BCUT2D eigenvalue weighted by Crippen LogP contribution is 2.26. The van der Waals surface area contributed by atoms with Gasteiger partial charge in [0.25, 0.3) is 5.91 Å². The number of nitrogens with one attached hydrogen (secondary N) is 3. The number of thioether (sulfide) groups is 1. The molecular formula is C25H32Cl2N6O2S. The third-order valence-electron chi connectivity index (χ3n) is 5.83. The summed E-state index contributed by atoms with van der Waals surface area (Å²) in [6.07, 6.45) is 5.09. The molecule has 194 valence electrons. The summed E-state index contributed by atoms with van der Waals surface area (Å²) in [6.45, 7) is 5.92. The van der Waals surface area contributed by atoms with Crippen LogP contribution in [0.5, 0.6) is 0 Å². The van der Waals surface area contributed by atoms with Crippen molar-refractivity contribution in [3.8, 4) is 11.1 Å². The Labute approximate surface area is 225 Å². The average Bonchev–Trinajstić information content (AvgIpc) is 3.46. The number of amides is 2. The van der Waals surface area contributed by atoms with Crippen molar-refractivity contribution < 1.29 is 9.59 Å². The minimum Gasteiger partial charge on any atom is -0.339 e. The maximum Gasteiger partial charge on any atom is 0.270 e. The van der Waals surface area contributed by atoms with Crippen LogP contribution in [0.3, 0.4) is 0 Å². The van der Waals surface area contributed by atoms with Gasteiger partial charge < -0.3 is 10.6 Å². The normalized spacial score (nSPS) is 13.0. The van der Waals surface area contributed by atoms with E-state index in [1.165, 1.54) is 0 Å². The molecule has 0 spiro atoms. The van der Waals surface area contributed by atoms with Crippen LogP contribution in [-0.4, -0.2) is 54.7 Å². The molecule has 0 aliphatic heterocycles. The van der Waals surface area contributed by atoms with Crippen LogP contribution in [0.15, 0.2) is 36.5 Å². The molecule has 11 heteroatoms. The smallest absolute Gasteiger partial charge is 0.270 e. The Kier molecular flexibility index (Phi) is 10.3. The molecule has 0 saturated carbocycles. The number of anilines is 1. The number of nitrogens with zero attached hydrogens (tertiary/aromatic N) is 3. The third kappa shape index (κ3) is 7.27. The quantitative estimate of drug-likeness (QED) is 0.257. The Morgan fingerprint density at radius 2 is 1.86 bits per heavy atom. The van der Waals surface area contributed by atoms with Gasteiger partial charge in [-0.05, 0) is 70.1 Å². The maximum absolute atomic E-state index is 13.2. The van der Waals surface area contributed by atoms with Crippen molar-refractivity contribution in [1.29, 1.82) is 0 Å².